The third-order valence-electron chi connectivity index (χ3n) is 5.33. The number of aliphatic carboxylic acids is 1. The second kappa shape index (κ2) is 13.4. The number of hydrogen-bond donors (Lipinski definition) is 1. The first-order chi connectivity index (χ1) is 15.2. The van der Waals surface area contributed by atoms with Crippen LogP contribution in [0.5, 0.6) is 5.75 Å². The SMILES string of the molecule is Cl.Cl.O=C(O)CCC(=O)c1ccc(OCCN2CCN(c3cccc(C(F)(F)F)c3)CC2)cc1. The van der Waals surface area contributed by atoms with Crippen LogP contribution < -0.4 is 9.64 Å². The predicted octanol–water partition coefficient (Wildman–Crippen LogP) is 4.80. The van der Waals surface area contributed by atoms with Crippen molar-refractivity contribution in [2.75, 3.05) is 44.2 Å². The number of benzene rings is 2. The van der Waals surface area contributed by atoms with Crippen LogP contribution in [0.2, 0.25) is 0 Å². The lowest BCUT2D eigenvalue weighted by Gasteiger charge is -2.36. The first kappa shape index (κ1) is 29.5. The van der Waals surface area contributed by atoms with E-state index in [4.69, 9.17) is 9.84 Å². The molecule has 34 heavy (non-hydrogen) atoms. The van der Waals surface area contributed by atoms with E-state index in [2.05, 4.69) is 4.90 Å². The molecule has 0 unspecified atom stereocenters. The molecule has 3 rings (SSSR count). The van der Waals surface area contributed by atoms with Gasteiger partial charge in [0.05, 0.1) is 12.0 Å². The Morgan fingerprint density at radius 1 is 0.941 bits per heavy atom. The minimum atomic E-state index is -4.35. The molecule has 1 N–H and O–H groups in total. The Bertz CT molecular complexity index is 935. The van der Waals surface area contributed by atoms with E-state index in [1.807, 2.05) is 4.90 Å². The number of carboxylic acids is 1. The van der Waals surface area contributed by atoms with E-state index in [-0.39, 0.29) is 43.4 Å². The van der Waals surface area contributed by atoms with Gasteiger partial charge in [0.2, 0.25) is 0 Å². The highest BCUT2D eigenvalue weighted by Gasteiger charge is 2.31. The van der Waals surface area contributed by atoms with Crippen LogP contribution in [0.4, 0.5) is 18.9 Å². The third-order valence-corrected chi connectivity index (χ3v) is 5.33. The third kappa shape index (κ3) is 8.70. The summed E-state index contributed by atoms with van der Waals surface area (Å²) >= 11 is 0. The maximum absolute atomic E-state index is 12.9. The minimum absolute atomic E-state index is 0. The molecule has 6 nitrogen and oxygen atoms in total. The molecule has 0 radical (unpaired) electrons. The average Bonchev–Trinajstić information content (AvgIpc) is 2.78. The molecule has 11 heteroatoms. The summed E-state index contributed by atoms with van der Waals surface area (Å²) in [4.78, 5) is 26.6. The number of hydrogen-bond acceptors (Lipinski definition) is 5. The molecule has 0 saturated carbocycles. The fourth-order valence-corrected chi connectivity index (χ4v) is 3.50. The van der Waals surface area contributed by atoms with Crippen molar-refractivity contribution in [2.24, 2.45) is 0 Å². The normalized spacial score (nSPS) is 14.0. The largest absolute Gasteiger partial charge is 0.492 e. The number of carbonyl (C=O) groups excluding carboxylic acids is 1. The summed E-state index contributed by atoms with van der Waals surface area (Å²) in [6, 6.07) is 12.0. The fourth-order valence-electron chi connectivity index (χ4n) is 3.50. The van der Waals surface area contributed by atoms with Gasteiger partial charge in [0.15, 0.2) is 5.78 Å². The molecule has 0 aromatic heterocycles. The van der Waals surface area contributed by atoms with E-state index in [0.29, 0.717) is 43.2 Å². The Kier molecular flexibility index (Phi) is 11.7. The van der Waals surface area contributed by atoms with Crippen LogP contribution >= 0.6 is 24.8 Å². The Hall–Kier alpha value is -2.49. The number of Topliss-reactive ketones (excluding diaryl/α,β-unsaturated/α-hetero) is 1. The molecule has 1 saturated heterocycles. The van der Waals surface area contributed by atoms with E-state index in [1.54, 1.807) is 30.3 Å². The van der Waals surface area contributed by atoms with E-state index >= 15 is 0 Å². The van der Waals surface area contributed by atoms with Crippen LogP contribution in [0.3, 0.4) is 0 Å². The van der Waals surface area contributed by atoms with Gasteiger partial charge in [0, 0.05) is 50.4 Å². The van der Waals surface area contributed by atoms with Gasteiger partial charge in [0.25, 0.3) is 0 Å². The van der Waals surface area contributed by atoms with E-state index in [1.165, 1.54) is 12.1 Å². The second-order valence-electron chi connectivity index (χ2n) is 7.57. The molecule has 2 aromatic rings. The topological polar surface area (TPSA) is 70.1 Å². The summed E-state index contributed by atoms with van der Waals surface area (Å²) in [7, 11) is 0. The van der Waals surface area contributed by atoms with E-state index in [9.17, 15) is 22.8 Å². The molecule has 0 aliphatic carbocycles. The highest BCUT2D eigenvalue weighted by atomic mass is 35.5. The van der Waals surface area contributed by atoms with Gasteiger partial charge in [-0.25, -0.2) is 0 Å². The Balaban J connectivity index is 0.00000289. The molecule has 0 atom stereocenters. The number of carbonyl (C=O) groups is 2. The molecule has 1 fully saturated rings. The molecular weight excluding hydrogens is 496 g/mol. The number of anilines is 1. The second-order valence-corrected chi connectivity index (χ2v) is 7.57. The number of carboxylic acid groups (broad SMARTS) is 1. The van der Waals surface area contributed by atoms with Crippen molar-refractivity contribution >= 4 is 42.3 Å². The molecule has 0 bridgehead atoms. The fraction of sp³-hybridized carbons (Fsp3) is 0.391. The van der Waals surface area contributed by atoms with Crippen molar-refractivity contribution in [3.63, 3.8) is 0 Å². The number of halogens is 5. The van der Waals surface area contributed by atoms with Gasteiger partial charge < -0.3 is 14.7 Å². The van der Waals surface area contributed by atoms with Crippen molar-refractivity contribution < 1.29 is 32.6 Å². The first-order valence-electron chi connectivity index (χ1n) is 10.3. The van der Waals surface area contributed by atoms with E-state index < -0.39 is 17.7 Å². The van der Waals surface area contributed by atoms with Crippen LogP contribution in [0, 0.1) is 0 Å². The summed E-state index contributed by atoms with van der Waals surface area (Å²) in [5.74, 6) is -0.617. The molecule has 1 aliphatic rings. The zero-order valence-electron chi connectivity index (χ0n) is 18.3. The number of piperazine rings is 1. The lowest BCUT2D eigenvalue weighted by Crippen LogP contribution is -2.47. The van der Waals surface area contributed by atoms with Crippen molar-refractivity contribution in [3.8, 4) is 5.75 Å². The van der Waals surface area contributed by atoms with Crippen LogP contribution in [-0.4, -0.2) is 61.1 Å². The molecule has 2 aromatic carbocycles. The smallest absolute Gasteiger partial charge is 0.416 e. The number of rotatable bonds is 9. The Morgan fingerprint density at radius 3 is 2.18 bits per heavy atom. The molecule has 0 amide bonds. The summed E-state index contributed by atoms with van der Waals surface area (Å²) in [6.07, 6.45) is -4.58. The van der Waals surface area contributed by atoms with Gasteiger partial charge >= 0.3 is 12.1 Å². The van der Waals surface area contributed by atoms with Crippen molar-refractivity contribution in [1.82, 2.24) is 4.90 Å². The van der Waals surface area contributed by atoms with Gasteiger partial charge in [-0.2, -0.15) is 13.2 Å². The highest BCUT2D eigenvalue weighted by molar-refractivity contribution is 5.97. The van der Waals surface area contributed by atoms with Crippen LogP contribution in [-0.2, 0) is 11.0 Å². The highest BCUT2D eigenvalue weighted by Crippen LogP contribution is 2.31. The van der Waals surface area contributed by atoms with Gasteiger partial charge in [0.1, 0.15) is 12.4 Å². The van der Waals surface area contributed by atoms with Crippen LogP contribution in [0.25, 0.3) is 0 Å². The number of alkyl halides is 3. The zero-order valence-corrected chi connectivity index (χ0v) is 19.9. The maximum atomic E-state index is 12.9. The standard InChI is InChI=1S/C23H25F3N2O4.2ClH/c24-23(25,26)18-2-1-3-19(16-18)28-12-10-27(11-13-28)14-15-32-20-6-4-17(5-7-20)21(29)8-9-22(30)31;;/h1-7,16H,8-15H2,(H,30,31);2*1H. The summed E-state index contributed by atoms with van der Waals surface area (Å²) in [5, 5.41) is 8.65. The molecule has 1 aliphatic heterocycles. The Labute approximate surface area is 208 Å². The molecule has 188 valence electrons. The maximum Gasteiger partial charge on any atom is 0.416 e. The summed E-state index contributed by atoms with van der Waals surface area (Å²) < 4.78 is 44.5. The summed E-state index contributed by atoms with van der Waals surface area (Å²) in [6.45, 7) is 3.82. The Morgan fingerprint density at radius 2 is 1.59 bits per heavy atom. The minimum Gasteiger partial charge on any atom is -0.492 e. The van der Waals surface area contributed by atoms with Crippen LogP contribution in [0.1, 0.15) is 28.8 Å². The number of ether oxygens (including phenoxy) is 1. The van der Waals surface area contributed by atoms with Gasteiger partial charge in [-0.05, 0) is 42.5 Å². The molecule has 1 heterocycles. The molecular formula is C23H27Cl2F3N2O4. The monoisotopic (exact) mass is 522 g/mol. The predicted molar refractivity (Wildman–Crippen MR) is 128 cm³/mol. The number of nitrogens with zero attached hydrogens (tertiary/aromatic N) is 2. The lowest BCUT2D eigenvalue weighted by molar-refractivity contribution is -0.138. The van der Waals surface area contributed by atoms with Crippen molar-refractivity contribution in [2.45, 2.75) is 19.0 Å². The average molecular weight is 523 g/mol. The summed E-state index contributed by atoms with van der Waals surface area (Å²) in [5.41, 5.74) is 0.387. The van der Waals surface area contributed by atoms with Crippen molar-refractivity contribution in [3.05, 3.63) is 59.7 Å². The van der Waals surface area contributed by atoms with Gasteiger partial charge in [-0.3, -0.25) is 14.5 Å². The zero-order chi connectivity index (χ0) is 23.1. The quantitative estimate of drug-likeness (QED) is 0.477. The van der Waals surface area contributed by atoms with Gasteiger partial charge in [-0.1, -0.05) is 6.07 Å². The van der Waals surface area contributed by atoms with Crippen molar-refractivity contribution in [1.29, 1.82) is 0 Å². The van der Waals surface area contributed by atoms with E-state index in [0.717, 1.165) is 19.2 Å². The lowest BCUT2D eigenvalue weighted by atomic mass is 10.1. The first-order valence-corrected chi connectivity index (χ1v) is 10.3. The van der Waals surface area contributed by atoms with Crippen LogP contribution in [0.15, 0.2) is 48.5 Å². The number of ketones is 1. The van der Waals surface area contributed by atoms with Gasteiger partial charge in [-0.15, -0.1) is 24.8 Å². The molecule has 0 spiro atoms.